The molecule has 1 saturated heterocycles. The quantitative estimate of drug-likeness (QED) is 0.833. The van der Waals surface area contributed by atoms with Crippen molar-refractivity contribution in [3.8, 4) is 0 Å². The molecule has 1 aliphatic heterocycles. The molecule has 3 unspecified atom stereocenters. The predicted octanol–water partition coefficient (Wildman–Crippen LogP) is 1.21. The summed E-state index contributed by atoms with van der Waals surface area (Å²) in [6.07, 6.45) is 0.594. The zero-order chi connectivity index (χ0) is 13.5. The van der Waals surface area contributed by atoms with E-state index in [1.807, 2.05) is 18.2 Å². The molecule has 6 heteroatoms. The van der Waals surface area contributed by atoms with Crippen LogP contribution in [0.15, 0.2) is 30.3 Å². The summed E-state index contributed by atoms with van der Waals surface area (Å²) in [6.45, 7) is 0.786. The summed E-state index contributed by atoms with van der Waals surface area (Å²) >= 11 is 0. The molecule has 1 aliphatic carbocycles. The Labute approximate surface area is 113 Å². The van der Waals surface area contributed by atoms with Gasteiger partial charge in [0.25, 0.3) is 0 Å². The van der Waals surface area contributed by atoms with Crippen molar-refractivity contribution in [2.45, 2.75) is 17.8 Å². The monoisotopic (exact) mass is 283 g/mol. The van der Waals surface area contributed by atoms with Gasteiger partial charge in [-0.1, -0.05) is 18.2 Å². The first-order valence-corrected chi connectivity index (χ1v) is 7.83. The largest absolute Gasteiger partial charge is 0.353 e. The Morgan fingerprint density at radius 3 is 2.63 bits per heavy atom. The molecule has 0 N–H and O–H groups in total. The molecule has 19 heavy (non-hydrogen) atoms. The third-order valence-electron chi connectivity index (χ3n) is 3.79. The first-order chi connectivity index (χ1) is 9.10. The summed E-state index contributed by atoms with van der Waals surface area (Å²) < 4.78 is 36.9. The molecule has 104 valence electrons. The fourth-order valence-corrected chi connectivity index (χ4v) is 4.41. The Balaban J connectivity index is 1.73. The van der Waals surface area contributed by atoms with E-state index in [0.29, 0.717) is 18.7 Å². The van der Waals surface area contributed by atoms with E-state index in [1.54, 1.807) is 19.2 Å². The van der Waals surface area contributed by atoms with E-state index in [9.17, 15) is 8.42 Å². The molecule has 0 spiro atoms. The lowest BCUT2D eigenvalue weighted by atomic mass is 10.2. The molecular formula is C13H17NO4S. The van der Waals surface area contributed by atoms with Crippen molar-refractivity contribution >= 4 is 15.7 Å². The van der Waals surface area contributed by atoms with E-state index in [0.717, 1.165) is 0 Å². The number of benzene rings is 1. The van der Waals surface area contributed by atoms with E-state index in [4.69, 9.17) is 9.47 Å². The lowest BCUT2D eigenvalue weighted by molar-refractivity contribution is 0.0410. The van der Waals surface area contributed by atoms with Crippen LogP contribution in [-0.2, 0) is 19.5 Å². The van der Waals surface area contributed by atoms with Crippen LogP contribution in [0.2, 0.25) is 0 Å². The van der Waals surface area contributed by atoms with Crippen LogP contribution in [0, 0.1) is 5.92 Å². The number of para-hydroxylation sites is 1. The second-order valence-electron chi connectivity index (χ2n) is 4.98. The van der Waals surface area contributed by atoms with E-state index in [2.05, 4.69) is 0 Å². The number of ether oxygens (including phenoxy) is 2. The number of hydrogen-bond acceptors (Lipinski definition) is 4. The fraction of sp³-hybridized carbons (Fsp3) is 0.538. The van der Waals surface area contributed by atoms with Crippen molar-refractivity contribution in [1.29, 1.82) is 0 Å². The SMILES string of the molecule is CN(c1ccccc1)S(=O)(=O)C1CC1C1COCO1. The summed E-state index contributed by atoms with van der Waals surface area (Å²) in [6, 6.07) is 9.13. The van der Waals surface area contributed by atoms with Gasteiger partial charge in [0, 0.05) is 13.0 Å². The highest BCUT2D eigenvalue weighted by Crippen LogP contribution is 2.44. The minimum Gasteiger partial charge on any atom is -0.353 e. The summed E-state index contributed by atoms with van der Waals surface area (Å²) in [5, 5.41) is -0.343. The van der Waals surface area contributed by atoms with E-state index in [-0.39, 0.29) is 24.1 Å². The van der Waals surface area contributed by atoms with Crippen molar-refractivity contribution < 1.29 is 17.9 Å². The first kappa shape index (κ1) is 12.9. The van der Waals surface area contributed by atoms with Crippen LogP contribution in [0.5, 0.6) is 0 Å². The number of nitrogens with zero attached hydrogens (tertiary/aromatic N) is 1. The van der Waals surface area contributed by atoms with Crippen molar-refractivity contribution in [3.63, 3.8) is 0 Å². The van der Waals surface area contributed by atoms with Gasteiger partial charge in [0.05, 0.1) is 23.6 Å². The Bertz CT molecular complexity index is 539. The van der Waals surface area contributed by atoms with Gasteiger partial charge < -0.3 is 9.47 Å². The van der Waals surface area contributed by atoms with Gasteiger partial charge in [-0.25, -0.2) is 8.42 Å². The van der Waals surface area contributed by atoms with Gasteiger partial charge >= 0.3 is 0 Å². The van der Waals surface area contributed by atoms with Gasteiger partial charge in [0.15, 0.2) is 0 Å². The minimum atomic E-state index is -3.31. The van der Waals surface area contributed by atoms with Crippen LogP contribution in [0.1, 0.15) is 6.42 Å². The molecule has 0 radical (unpaired) electrons. The maximum absolute atomic E-state index is 12.5. The fourth-order valence-electron chi connectivity index (χ4n) is 2.51. The van der Waals surface area contributed by atoms with Crippen molar-refractivity contribution in [1.82, 2.24) is 0 Å². The van der Waals surface area contributed by atoms with Crippen LogP contribution >= 0.6 is 0 Å². The zero-order valence-electron chi connectivity index (χ0n) is 10.7. The summed E-state index contributed by atoms with van der Waals surface area (Å²) in [5.74, 6) is 0.0682. The van der Waals surface area contributed by atoms with Gasteiger partial charge in [0.2, 0.25) is 10.0 Å². The normalized spacial score (nSPS) is 30.3. The molecule has 3 rings (SSSR count). The smallest absolute Gasteiger partial charge is 0.238 e. The number of hydrogen-bond donors (Lipinski definition) is 0. The van der Waals surface area contributed by atoms with Crippen LogP contribution in [0.3, 0.4) is 0 Å². The molecule has 2 fully saturated rings. The van der Waals surface area contributed by atoms with Crippen LogP contribution < -0.4 is 4.31 Å². The molecule has 3 atom stereocenters. The average molecular weight is 283 g/mol. The van der Waals surface area contributed by atoms with Crippen molar-refractivity contribution in [3.05, 3.63) is 30.3 Å². The molecule has 1 aromatic rings. The predicted molar refractivity (Wildman–Crippen MR) is 71.4 cm³/mol. The third kappa shape index (κ3) is 2.35. The number of sulfonamides is 1. The molecule has 0 amide bonds. The topological polar surface area (TPSA) is 55.8 Å². The summed E-state index contributed by atoms with van der Waals surface area (Å²) in [4.78, 5) is 0. The maximum Gasteiger partial charge on any atom is 0.238 e. The van der Waals surface area contributed by atoms with Gasteiger partial charge in [0.1, 0.15) is 6.79 Å². The Kier molecular flexibility index (Phi) is 3.24. The van der Waals surface area contributed by atoms with Gasteiger partial charge in [-0.05, 0) is 18.6 Å². The summed E-state index contributed by atoms with van der Waals surface area (Å²) in [5.41, 5.74) is 0.691. The molecule has 1 saturated carbocycles. The number of rotatable bonds is 4. The first-order valence-electron chi connectivity index (χ1n) is 6.33. The highest BCUT2D eigenvalue weighted by molar-refractivity contribution is 7.93. The highest BCUT2D eigenvalue weighted by atomic mass is 32.2. The lowest BCUT2D eigenvalue weighted by Gasteiger charge is -2.20. The molecule has 0 aromatic heterocycles. The van der Waals surface area contributed by atoms with Gasteiger partial charge in [-0.2, -0.15) is 0 Å². The van der Waals surface area contributed by atoms with Crippen molar-refractivity contribution in [2.75, 3.05) is 24.8 Å². The van der Waals surface area contributed by atoms with Crippen LogP contribution in [-0.4, -0.2) is 40.2 Å². The molecule has 5 nitrogen and oxygen atoms in total. The average Bonchev–Trinajstić information content (AvgIpc) is 3.07. The molecular weight excluding hydrogens is 266 g/mol. The second-order valence-corrected chi connectivity index (χ2v) is 7.16. The number of anilines is 1. The maximum atomic E-state index is 12.5. The highest BCUT2D eigenvalue weighted by Gasteiger charge is 2.54. The van der Waals surface area contributed by atoms with Crippen molar-refractivity contribution in [2.24, 2.45) is 5.92 Å². The van der Waals surface area contributed by atoms with Gasteiger partial charge in [-0.15, -0.1) is 0 Å². The molecule has 0 bridgehead atoms. The van der Waals surface area contributed by atoms with E-state index >= 15 is 0 Å². The second kappa shape index (κ2) is 4.77. The lowest BCUT2D eigenvalue weighted by Crippen LogP contribution is -2.32. The molecule has 1 heterocycles. The van der Waals surface area contributed by atoms with E-state index in [1.165, 1.54) is 4.31 Å². The summed E-state index contributed by atoms with van der Waals surface area (Å²) in [7, 11) is -1.70. The standard InChI is InChI=1S/C13H17NO4S/c1-14(10-5-3-2-4-6-10)19(15,16)13-7-11(13)12-8-17-9-18-12/h2-6,11-13H,7-9H2,1H3. The minimum absolute atomic E-state index is 0.0658. The Morgan fingerprint density at radius 2 is 2.00 bits per heavy atom. The third-order valence-corrected chi connectivity index (χ3v) is 6.07. The van der Waals surface area contributed by atoms with Crippen LogP contribution in [0.4, 0.5) is 5.69 Å². The van der Waals surface area contributed by atoms with E-state index < -0.39 is 10.0 Å². The van der Waals surface area contributed by atoms with Gasteiger partial charge in [-0.3, -0.25) is 4.31 Å². The molecule has 2 aliphatic rings. The Hall–Kier alpha value is -1.11. The van der Waals surface area contributed by atoms with Crippen LogP contribution in [0.25, 0.3) is 0 Å². The molecule has 1 aromatic carbocycles. The zero-order valence-corrected chi connectivity index (χ0v) is 11.5. The Morgan fingerprint density at radius 1 is 1.26 bits per heavy atom.